The van der Waals surface area contributed by atoms with Crippen LogP contribution in [0.25, 0.3) is 10.9 Å². The maximum atomic E-state index is 12.3. The molecule has 6 heteroatoms. The molecule has 2 N–H and O–H groups in total. The summed E-state index contributed by atoms with van der Waals surface area (Å²) in [5, 5.41) is 0.992. The molecule has 2 heterocycles. The predicted molar refractivity (Wildman–Crippen MR) is 84.7 cm³/mol. The minimum Gasteiger partial charge on any atom is -0.337 e. The Bertz CT molecular complexity index is 606. The second-order valence-electron chi connectivity index (χ2n) is 4.71. The minimum atomic E-state index is 0. The number of fused-ring (bicyclic) bond motifs is 1. The third-order valence-electron chi connectivity index (χ3n) is 3.36. The summed E-state index contributed by atoms with van der Waals surface area (Å²) < 4.78 is 0. The van der Waals surface area contributed by atoms with Crippen LogP contribution in [0.15, 0.2) is 36.5 Å². The second kappa shape index (κ2) is 6.88. The highest BCUT2D eigenvalue weighted by Crippen LogP contribution is 2.17. The van der Waals surface area contributed by atoms with Crippen molar-refractivity contribution < 1.29 is 4.79 Å². The highest BCUT2D eigenvalue weighted by atomic mass is 35.5. The first-order valence-electron chi connectivity index (χ1n) is 6.14. The molecule has 1 amide bonds. The topological polar surface area (TPSA) is 59.2 Å². The maximum absolute atomic E-state index is 12.3. The molecule has 1 aromatic carbocycles. The Morgan fingerprint density at radius 2 is 2.10 bits per heavy atom. The van der Waals surface area contributed by atoms with E-state index in [0.29, 0.717) is 12.1 Å². The lowest BCUT2D eigenvalue weighted by Crippen LogP contribution is -2.31. The molecule has 0 spiro atoms. The second-order valence-corrected chi connectivity index (χ2v) is 4.71. The molecule has 1 atom stereocenters. The Morgan fingerprint density at radius 1 is 1.30 bits per heavy atom. The minimum absolute atomic E-state index is 0. The number of nitrogens with two attached hydrogens (primary N) is 1. The van der Waals surface area contributed by atoms with Gasteiger partial charge in [-0.15, -0.1) is 24.8 Å². The monoisotopic (exact) mass is 313 g/mol. The lowest BCUT2D eigenvalue weighted by molar-refractivity contribution is 0.0791. The number of benzene rings is 1. The fourth-order valence-corrected chi connectivity index (χ4v) is 2.36. The number of nitrogens with zero attached hydrogens (tertiary/aromatic N) is 2. The lowest BCUT2D eigenvalue weighted by Gasteiger charge is -2.15. The van der Waals surface area contributed by atoms with Crippen LogP contribution in [0, 0.1) is 0 Å². The number of likely N-dealkylation sites (tertiary alicyclic amines) is 1. The number of carbonyl (C=O) groups is 1. The molecular weight excluding hydrogens is 297 g/mol. The molecule has 0 saturated carbocycles. The van der Waals surface area contributed by atoms with Crippen LogP contribution in [0.5, 0.6) is 0 Å². The summed E-state index contributed by atoms with van der Waals surface area (Å²) in [6.45, 7) is 1.41. The Kier molecular flexibility index (Phi) is 5.74. The van der Waals surface area contributed by atoms with Crippen molar-refractivity contribution in [1.29, 1.82) is 0 Å². The van der Waals surface area contributed by atoms with Crippen molar-refractivity contribution in [1.82, 2.24) is 9.88 Å². The normalized spacial score (nSPS) is 17.4. The maximum Gasteiger partial charge on any atom is 0.253 e. The fraction of sp³-hybridized carbons (Fsp3) is 0.286. The number of hydrogen-bond donors (Lipinski definition) is 1. The summed E-state index contributed by atoms with van der Waals surface area (Å²) >= 11 is 0. The van der Waals surface area contributed by atoms with Crippen LogP contribution in [-0.4, -0.2) is 34.9 Å². The highest BCUT2D eigenvalue weighted by Gasteiger charge is 2.24. The van der Waals surface area contributed by atoms with Gasteiger partial charge < -0.3 is 10.6 Å². The smallest absolute Gasteiger partial charge is 0.253 e. The fourth-order valence-electron chi connectivity index (χ4n) is 2.36. The van der Waals surface area contributed by atoms with Gasteiger partial charge in [0.15, 0.2) is 0 Å². The molecule has 0 radical (unpaired) electrons. The van der Waals surface area contributed by atoms with Crippen molar-refractivity contribution in [2.75, 3.05) is 13.1 Å². The summed E-state index contributed by atoms with van der Waals surface area (Å²) in [4.78, 5) is 18.4. The van der Waals surface area contributed by atoms with Gasteiger partial charge in [0.25, 0.3) is 5.91 Å². The van der Waals surface area contributed by atoms with E-state index in [1.165, 1.54) is 0 Å². The third-order valence-corrected chi connectivity index (χ3v) is 3.36. The summed E-state index contributed by atoms with van der Waals surface area (Å²) in [6, 6.07) is 9.59. The van der Waals surface area contributed by atoms with Gasteiger partial charge in [-0.25, -0.2) is 0 Å². The number of rotatable bonds is 1. The Morgan fingerprint density at radius 3 is 2.80 bits per heavy atom. The van der Waals surface area contributed by atoms with Crippen LogP contribution in [0.3, 0.4) is 0 Å². The van der Waals surface area contributed by atoms with Crippen LogP contribution in [-0.2, 0) is 0 Å². The van der Waals surface area contributed by atoms with E-state index in [0.717, 1.165) is 23.9 Å². The predicted octanol–water partition coefficient (Wildman–Crippen LogP) is 2.25. The van der Waals surface area contributed by atoms with Gasteiger partial charge in [0.05, 0.1) is 5.52 Å². The number of amides is 1. The van der Waals surface area contributed by atoms with Crippen molar-refractivity contribution in [2.24, 2.45) is 5.73 Å². The Hall–Kier alpha value is -1.36. The lowest BCUT2D eigenvalue weighted by atomic mass is 10.1. The number of hydrogen-bond acceptors (Lipinski definition) is 3. The molecule has 1 aliphatic heterocycles. The van der Waals surface area contributed by atoms with Crippen molar-refractivity contribution in [3.8, 4) is 0 Å². The molecule has 2 aromatic rings. The first kappa shape index (κ1) is 16.7. The summed E-state index contributed by atoms with van der Waals surface area (Å²) in [6.07, 6.45) is 2.64. The van der Waals surface area contributed by atoms with Gasteiger partial charge in [0, 0.05) is 36.3 Å². The molecule has 4 nitrogen and oxygen atoms in total. The summed E-state index contributed by atoms with van der Waals surface area (Å²) in [5.74, 6) is 0.0636. The summed E-state index contributed by atoms with van der Waals surface area (Å²) in [7, 11) is 0. The van der Waals surface area contributed by atoms with E-state index in [4.69, 9.17) is 5.73 Å². The molecule has 0 aliphatic carbocycles. The first-order valence-corrected chi connectivity index (χ1v) is 6.14. The number of carbonyl (C=O) groups excluding carboxylic acids is 1. The van der Waals surface area contributed by atoms with E-state index in [2.05, 4.69) is 4.98 Å². The standard InChI is InChI=1S/C14H15N3O.2ClH/c15-12-5-7-17(9-12)14(18)11-3-4-13-10(8-11)2-1-6-16-13;;/h1-4,6,8,12H,5,7,9,15H2;2*1H. The van der Waals surface area contributed by atoms with E-state index >= 15 is 0 Å². The average Bonchev–Trinajstić information content (AvgIpc) is 2.84. The van der Waals surface area contributed by atoms with Crippen LogP contribution in [0.4, 0.5) is 0 Å². The summed E-state index contributed by atoms with van der Waals surface area (Å²) in [5.41, 5.74) is 7.45. The quantitative estimate of drug-likeness (QED) is 0.878. The van der Waals surface area contributed by atoms with Crippen molar-refractivity contribution in [3.05, 3.63) is 42.1 Å². The van der Waals surface area contributed by atoms with Gasteiger partial charge in [0.2, 0.25) is 0 Å². The van der Waals surface area contributed by atoms with Crippen molar-refractivity contribution >= 4 is 41.6 Å². The molecule has 3 rings (SSSR count). The van der Waals surface area contributed by atoms with Gasteiger partial charge >= 0.3 is 0 Å². The highest BCUT2D eigenvalue weighted by molar-refractivity contribution is 5.98. The van der Waals surface area contributed by atoms with Crippen LogP contribution >= 0.6 is 24.8 Å². The Labute approximate surface area is 130 Å². The van der Waals surface area contributed by atoms with Gasteiger partial charge in [-0.3, -0.25) is 9.78 Å². The van der Waals surface area contributed by atoms with Gasteiger partial charge in [0.1, 0.15) is 0 Å². The van der Waals surface area contributed by atoms with Gasteiger partial charge in [-0.2, -0.15) is 0 Å². The third kappa shape index (κ3) is 3.20. The first-order chi connectivity index (χ1) is 8.74. The van der Waals surface area contributed by atoms with Crippen LogP contribution in [0.1, 0.15) is 16.8 Å². The average molecular weight is 314 g/mol. The van der Waals surface area contributed by atoms with Crippen molar-refractivity contribution in [3.63, 3.8) is 0 Å². The van der Waals surface area contributed by atoms with Crippen LogP contribution < -0.4 is 5.73 Å². The SMILES string of the molecule is Cl.Cl.NC1CCN(C(=O)c2ccc3ncccc3c2)C1. The van der Waals surface area contributed by atoms with Gasteiger partial charge in [-0.1, -0.05) is 6.07 Å². The number of aromatic nitrogens is 1. The zero-order valence-electron chi connectivity index (χ0n) is 10.9. The molecule has 108 valence electrons. The molecule has 0 bridgehead atoms. The largest absolute Gasteiger partial charge is 0.337 e. The van der Waals surface area contributed by atoms with Gasteiger partial charge in [-0.05, 0) is 30.7 Å². The number of pyridine rings is 1. The molecule has 20 heavy (non-hydrogen) atoms. The van der Waals surface area contributed by atoms with E-state index in [1.54, 1.807) is 6.20 Å². The van der Waals surface area contributed by atoms with Crippen molar-refractivity contribution in [2.45, 2.75) is 12.5 Å². The Balaban J connectivity index is 0.000001000. The van der Waals surface area contributed by atoms with Crippen LogP contribution in [0.2, 0.25) is 0 Å². The molecule has 1 aliphatic rings. The molecule has 1 saturated heterocycles. The molecule has 1 fully saturated rings. The zero-order valence-corrected chi connectivity index (χ0v) is 12.5. The molecule has 1 aromatic heterocycles. The number of halogens is 2. The van der Waals surface area contributed by atoms with E-state index in [1.807, 2.05) is 35.2 Å². The zero-order chi connectivity index (χ0) is 12.5. The van der Waals surface area contributed by atoms with E-state index in [-0.39, 0.29) is 36.8 Å². The molecule has 1 unspecified atom stereocenters. The van der Waals surface area contributed by atoms with E-state index < -0.39 is 0 Å². The van der Waals surface area contributed by atoms with E-state index in [9.17, 15) is 4.79 Å². The molecular formula is C14H17Cl2N3O.